The highest BCUT2D eigenvalue weighted by Gasteiger charge is 2.51. The largest absolute Gasteiger partial charge is 0.496 e. The van der Waals surface area contributed by atoms with E-state index >= 15 is 0 Å². The molecular weight excluding hydrogens is 408 g/mol. The van der Waals surface area contributed by atoms with E-state index in [9.17, 15) is 14.4 Å². The number of carbonyl (C=O) groups excluding carboxylic acids is 3. The summed E-state index contributed by atoms with van der Waals surface area (Å²) in [5.74, 6) is -1.39. The second kappa shape index (κ2) is 9.96. The van der Waals surface area contributed by atoms with E-state index in [1.807, 2.05) is 45.0 Å². The number of rotatable bonds is 9. The Hall–Kier alpha value is -3.19. The van der Waals surface area contributed by atoms with Gasteiger partial charge in [0.2, 0.25) is 5.78 Å². The lowest BCUT2D eigenvalue weighted by Gasteiger charge is -2.28. The van der Waals surface area contributed by atoms with Gasteiger partial charge >= 0.3 is 0 Å². The van der Waals surface area contributed by atoms with E-state index in [0.717, 1.165) is 11.1 Å². The van der Waals surface area contributed by atoms with E-state index in [0.29, 0.717) is 36.8 Å². The summed E-state index contributed by atoms with van der Waals surface area (Å²) in [6.45, 7) is 5.20. The van der Waals surface area contributed by atoms with Crippen molar-refractivity contribution >= 4 is 17.5 Å². The Kier molecular flexibility index (Phi) is 7.30. The molecule has 170 valence electrons. The molecule has 0 N–H and O–H groups in total. The lowest BCUT2D eigenvalue weighted by molar-refractivity contribution is -0.140. The minimum atomic E-state index is -1.10. The summed E-state index contributed by atoms with van der Waals surface area (Å²) in [5.41, 5.74) is 1.91. The van der Waals surface area contributed by atoms with E-state index in [1.165, 1.54) is 4.90 Å². The molecule has 1 aliphatic rings. The maximum atomic E-state index is 13.5. The van der Waals surface area contributed by atoms with Crippen molar-refractivity contribution in [3.05, 3.63) is 59.2 Å². The zero-order valence-electron chi connectivity index (χ0n) is 19.3. The van der Waals surface area contributed by atoms with E-state index in [4.69, 9.17) is 9.47 Å². The topological polar surface area (TPSA) is 76.1 Å². The van der Waals surface area contributed by atoms with Crippen LogP contribution in [0.2, 0.25) is 0 Å². The van der Waals surface area contributed by atoms with Gasteiger partial charge in [0.25, 0.3) is 5.91 Å². The van der Waals surface area contributed by atoms with E-state index < -0.39 is 23.7 Å². The van der Waals surface area contributed by atoms with Gasteiger partial charge in [-0.15, -0.1) is 0 Å². The molecule has 2 atom stereocenters. The first kappa shape index (κ1) is 23.5. The van der Waals surface area contributed by atoms with Crippen LogP contribution in [0.15, 0.2) is 42.5 Å². The number of ether oxygens (including phenoxy) is 2. The molecule has 0 bridgehead atoms. The molecule has 1 heterocycles. The van der Waals surface area contributed by atoms with E-state index in [1.54, 1.807) is 37.4 Å². The number of likely N-dealkylation sites (tertiary alicyclic amines) is 1. The predicted octanol–water partition coefficient (Wildman–Crippen LogP) is 2.92. The molecule has 0 saturated carbocycles. The number of carbonyl (C=O) groups is 3. The van der Waals surface area contributed by atoms with E-state index in [-0.39, 0.29) is 5.78 Å². The van der Waals surface area contributed by atoms with Crippen LogP contribution < -0.4 is 9.47 Å². The van der Waals surface area contributed by atoms with Gasteiger partial charge in [0, 0.05) is 18.7 Å². The van der Waals surface area contributed by atoms with Crippen molar-refractivity contribution in [3.63, 3.8) is 0 Å². The Morgan fingerprint density at radius 1 is 1.09 bits per heavy atom. The highest BCUT2D eigenvalue weighted by Crippen LogP contribution is 2.39. The molecule has 32 heavy (non-hydrogen) atoms. The van der Waals surface area contributed by atoms with Gasteiger partial charge in [0.05, 0.1) is 19.8 Å². The molecule has 1 saturated heterocycles. The molecule has 3 rings (SSSR count). The number of hydrogen-bond donors (Lipinski definition) is 0. The first-order valence-electron chi connectivity index (χ1n) is 10.7. The standard InChI is InChI=1S/C25H30N2O5/c1-6-32-19-10-7-17(8-11-19)22-21(24(29)25(30)27(22)14-13-26(3)4)23(28)18-9-12-20(31-5)16(2)15-18/h7-12,15,21-22H,6,13-14H2,1-5H3. The smallest absolute Gasteiger partial charge is 0.291 e. The van der Waals surface area contributed by atoms with Crippen molar-refractivity contribution in [2.75, 3.05) is 40.9 Å². The average Bonchev–Trinajstić information content (AvgIpc) is 3.02. The molecule has 7 nitrogen and oxygen atoms in total. The molecule has 2 unspecified atom stereocenters. The maximum Gasteiger partial charge on any atom is 0.291 e. The monoisotopic (exact) mass is 438 g/mol. The Balaban J connectivity index is 2.02. The second-order valence-electron chi connectivity index (χ2n) is 8.14. The summed E-state index contributed by atoms with van der Waals surface area (Å²) in [7, 11) is 5.36. The molecule has 1 amide bonds. The third kappa shape index (κ3) is 4.67. The lowest BCUT2D eigenvalue weighted by atomic mass is 9.86. The molecule has 0 aromatic heterocycles. The Morgan fingerprint density at radius 2 is 1.78 bits per heavy atom. The van der Waals surface area contributed by atoms with Crippen LogP contribution in [0.3, 0.4) is 0 Å². The van der Waals surface area contributed by atoms with Crippen molar-refractivity contribution in [2.45, 2.75) is 19.9 Å². The lowest BCUT2D eigenvalue weighted by Crippen LogP contribution is -2.36. The number of ketones is 2. The third-order valence-electron chi connectivity index (χ3n) is 5.69. The molecule has 2 aromatic carbocycles. The average molecular weight is 439 g/mol. The molecular formula is C25H30N2O5. The molecule has 0 spiro atoms. The minimum absolute atomic E-state index is 0.348. The fraction of sp³-hybridized carbons (Fsp3) is 0.400. The number of methoxy groups -OCH3 is 1. The highest BCUT2D eigenvalue weighted by atomic mass is 16.5. The summed E-state index contributed by atoms with van der Waals surface area (Å²) >= 11 is 0. The van der Waals surface area contributed by atoms with Crippen LogP contribution in [0.1, 0.15) is 34.5 Å². The van der Waals surface area contributed by atoms with Crippen molar-refractivity contribution in [1.82, 2.24) is 9.80 Å². The van der Waals surface area contributed by atoms with Crippen LogP contribution in [-0.4, -0.2) is 68.2 Å². The van der Waals surface area contributed by atoms with Crippen molar-refractivity contribution in [1.29, 1.82) is 0 Å². The Morgan fingerprint density at radius 3 is 2.34 bits per heavy atom. The first-order chi connectivity index (χ1) is 15.3. The molecule has 0 aliphatic carbocycles. The molecule has 1 fully saturated rings. The number of Topliss-reactive ketones (excluding diaryl/α,β-unsaturated/α-hetero) is 2. The number of amides is 1. The predicted molar refractivity (Wildman–Crippen MR) is 121 cm³/mol. The van der Waals surface area contributed by atoms with Crippen molar-refractivity contribution in [2.24, 2.45) is 5.92 Å². The SMILES string of the molecule is CCOc1ccc(C2C(C(=O)c3ccc(OC)c(C)c3)C(=O)C(=O)N2CCN(C)C)cc1. The fourth-order valence-electron chi connectivity index (χ4n) is 4.05. The normalized spacial score (nSPS) is 18.4. The minimum Gasteiger partial charge on any atom is -0.496 e. The number of hydrogen-bond acceptors (Lipinski definition) is 6. The third-order valence-corrected chi connectivity index (χ3v) is 5.69. The summed E-state index contributed by atoms with van der Waals surface area (Å²) in [4.78, 5) is 43.0. The summed E-state index contributed by atoms with van der Waals surface area (Å²) in [6, 6.07) is 11.6. The second-order valence-corrected chi connectivity index (χ2v) is 8.14. The van der Waals surface area contributed by atoms with Crippen molar-refractivity contribution < 1.29 is 23.9 Å². The zero-order chi connectivity index (χ0) is 23.4. The van der Waals surface area contributed by atoms with Crippen LogP contribution in [0.5, 0.6) is 11.5 Å². The van der Waals surface area contributed by atoms with Crippen LogP contribution in [0, 0.1) is 12.8 Å². The van der Waals surface area contributed by atoms with Crippen molar-refractivity contribution in [3.8, 4) is 11.5 Å². The summed E-state index contributed by atoms with van der Waals surface area (Å²) < 4.78 is 10.8. The first-order valence-corrected chi connectivity index (χ1v) is 10.7. The molecule has 2 aromatic rings. The van der Waals surface area contributed by atoms with Gasteiger partial charge in [-0.25, -0.2) is 0 Å². The molecule has 1 aliphatic heterocycles. The van der Waals surface area contributed by atoms with Gasteiger partial charge in [-0.2, -0.15) is 0 Å². The van der Waals surface area contributed by atoms with Crippen LogP contribution >= 0.6 is 0 Å². The maximum absolute atomic E-state index is 13.5. The van der Waals surface area contributed by atoms with Gasteiger partial charge < -0.3 is 19.3 Å². The summed E-state index contributed by atoms with van der Waals surface area (Å²) in [6.07, 6.45) is 0. The Bertz CT molecular complexity index is 1000. The summed E-state index contributed by atoms with van der Waals surface area (Å²) in [5, 5.41) is 0. The number of aryl methyl sites for hydroxylation is 1. The van der Waals surface area contributed by atoms with Gasteiger partial charge in [-0.05, 0) is 69.4 Å². The van der Waals surface area contributed by atoms with Gasteiger partial charge in [-0.3, -0.25) is 14.4 Å². The van der Waals surface area contributed by atoms with E-state index in [2.05, 4.69) is 0 Å². The molecule has 7 heteroatoms. The number of nitrogens with zero attached hydrogens (tertiary/aromatic N) is 2. The number of benzene rings is 2. The quantitative estimate of drug-likeness (QED) is 0.340. The molecule has 0 radical (unpaired) electrons. The van der Waals surface area contributed by atoms with Gasteiger partial charge in [-0.1, -0.05) is 12.1 Å². The fourth-order valence-corrected chi connectivity index (χ4v) is 4.05. The van der Waals surface area contributed by atoms with Gasteiger partial charge in [0.1, 0.15) is 17.4 Å². The van der Waals surface area contributed by atoms with Crippen LogP contribution in [0.4, 0.5) is 0 Å². The van der Waals surface area contributed by atoms with Crippen LogP contribution in [0.25, 0.3) is 0 Å². The Labute approximate surface area is 188 Å². The highest BCUT2D eigenvalue weighted by molar-refractivity contribution is 6.44. The number of likely N-dealkylation sites (N-methyl/N-ethyl adjacent to an activating group) is 1. The van der Waals surface area contributed by atoms with Gasteiger partial charge in [0.15, 0.2) is 5.78 Å². The zero-order valence-corrected chi connectivity index (χ0v) is 19.3. The van der Waals surface area contributed by atoms with Crippen LogP contribution in [-0.2, 0) is 9.59 Å².